The molecule has 1 saturated heterocycles. The number of carbonyl (C=O) groups is 2. The Bertz CT molecular complexity index is 894. The lowest BCUT2D eigenvalue weighted by Gasteiger charge is -2.29. The Labute approximate surface area is 178 Å². The van der Waals surface area contributed by atoms with Crippen LogP contribution in [0.5, 0.6) is 0 Å². The standard InChI is InChI=1S/C20H20Cl2N2O3S/c1-3-27-23-18(25)17-11-28-20(13-8-9-15(21)16(22)10-13)24(17)19(26)14-7-5-4-6-12(14)2/h4-10,17,20H,3,11H2,1-2H3,(H,23,25). The third-order valence-corrected chi connectivity index (χ3v) is 6.52. The Kier molecular flexibility index (Phi) is 6.88. The van der Waals surface area contributed by atoms with Gasteiger partial charge in [-0.2, -0.15) is 0 Å². The minimum atomic E-state index is -0.664. The van der Waals surface area contributed by atoms with Crippen molar-refractivity contribution < 1.29 is 14.4 Å². The van der Waals surface area contributed by atoms with Crippen molar-refractivity contribution in [1.82, 2.24) is 10.4 Å². The molecule has 0 aromatic heterocycles. The first-order valence-electron chi connectivity index (χ1n) is 8.80. The van der Waals surface area contributed by atoms with Gasteiger partial charge in [0, 0.05) is 11.3 Å². The average Bonchev–Trinajstić information content (AvgIpc) is 3.13. The first kappa shape index (κ1) is 21.0. The van der Waals surface area contributed by atoms with Gasteiger partial charge in [0.05, 0.1) is 16.7 Å². The number of nitrogens with one attached hydrogen (secondary N) is 1. The molecule has 3 rings (SSSR count). The molecule has 28 heavy (non-hydrogen) atoms. The number of thioether (sulfide) groups is 1. The molecule has 0 spiro atoms. The molecule has 8 heteroatoms. The number of halogens is 2. The van der Waals surface area contributed by atoms with Gasteiger partial charge in [0.25, 0.3) is 11.8 Å². The van der Waals surface area contributed by atoms with Gasteiger partial charge < -0.3 is 4.90 Å². The predicted molar refractivity (Wildman–Crippen MR) is 113 cm³/mol. The molecule has 1 heterocycles. The van der Waals surface area contributed by atoms with Gasteiger partial charge in [0.2, 0.25) is 0 Å². The van der Waals surface area contributed by atoms with Crippen LogP contribution in [0, 0.1) is 6.92 Å². The van der Waals surface area contributed by atoms with E-state index in [1.54, 1.807) is 30.0 Å². The van der Waals surface area contributed by atoms with Crippen molar-refractivity contribution in [3.63, 3.8) is 0 Å². The highest BCUT2D eigenvalue weighted by Crippen LogP contribution is 2.43. The summed E-state index contributed by atoms with van der Waals surface area (Å²) >= 11 is 13.7. The molecule has 2 aromatic carbocycles. The Hall–Kier alpha value is -1.73. The maximum Gasteiger partial charge on any atom is 0.267 e. The Morgan fingerprint density at radius 2 is 1.96 bits per heavy atom. The quantitative estimate of drug-likeness (QED) is 0.691. The van der Waals surface area contributed by atoms with Crippen molar-refractivity contribution >= 4 is 46.8 Å². The van der Waals surface area contributed by atoms with E-state index in [2.05, 4.69) is 5.48 Å². The lowest BCUT2D eigenvalue weighted by Crippen LogP contribution is -2.48. The van der Waals surface area contributed by atoms with Crippen LogP contribution < -0.4 is 5.48 Å². The summed E-state index contributed by atoms with van der Waals surface area (Å²) in [6, 6.07) is 11.9. The zero-order valence-electron chi connectivity index (χ0n) is 15.4. The molecule has 1 N–H and O–H groups in total. The molecule has 1 aliphatic rings. The number of hydrogen-bond acceptors (Lipinski definition) is 4. The molecular weight excluding hydrogens is 419 g/mol. The molecule has 0 bridgehead atoms. The van der Waals surface area contributed by atoms with Crippen molar-refractivity contribution in [2.45, 2.75) is 25.3 Å². The maximum absolute atomic E-state index is 13.4. The first-order chi connectivity index (χ1) is 13.4. The van der Waals surface area contributed by atoms with E-state index in [0.717, 1.165) is 11.1 Å². The van der Waals surface area contributed by atoms with Crippen molar-refractivity contribution in [3.05, 3.63) is 69.2 Å². The molecule has 5 nitrogen and oxygen atoms in total. The first-order valence-corrected chi connectivity index (χ1v) is 10.6. The minimum Gasteiger partial charge on any atom is -0.310 e. The zero-order chi connectivity index (χ0) is 20.3. The molecule has 1 fully saturated rings. The summed E-state index contributed by atoms with van der Waals surface area (Å²) < 4.78 is 0. The summed E-state index contributed by atoms with van der Waals surface area (Å²) in [4.78, 5) is 32.7. The molecular formula is C20H20Cl2N2O3S. The summed E-state index contributed by atoms with van der Waals surface area (Å²) in [5.74, 6) is -0.115. The van der Waals surface area contributed by atoms with E-state index in [4.69, 9.17) is 28.0 Å². The molecule has 2 aromatic rings. The smallest absolute Gasteiger partial charge is 0.267 e. The van der Waals surface area contributed by atoms with Crippen LogP contribution in [0.15, 0.2) is 42.5 Å². The van der Waals surface area contributed by atoms with Crippen LogP contribution in [0.1, 0.15) is 33.8 Å². The second-order valence-corrected chi connectivity index (χ2v) is 8.23. The Balaban J connectivity index is 1.99. The Morgan fingerprint density at radius 3 is 2.64 bits per heavy atom. The summed E-state index contributed by atoms with van der Waals surface area (Å²) in [5.41, 5.74) is 4.65. The molecule has 2 unspecified atom stereocenters. The van der Waals surface area contributed by atoms with Gasteiger partial charge in [-0.15, -0.1) is 11.8 Å². The molecule has 2 atom stereocenters. The largest absolute Gasteiger partial charge is 0.310 e. The third-order valence-electron chi connectivity index (χ3n) is 4.46. The van der Waals surface area contributed by atoms with Gasteiger partial charge in [-0.1, -0.05) is 47.5 Å². The van der Waals surface area contributed by atoms with E-state index in [9.17, 15) is 9.59 Å². The van der Waals surface area contributed by atoms with Crippen LogP contribution in [-0.4, -0.2) is 35.1 Å². The van der Waals surface area contributed by atoms with E-state index in [0.29, 0.717) is 28.0 Å². The molecule has 2 amide bonds. The van der Waals surface area contributed by atoms with Crippen molar-refractivity contribution in [2.24, 2.45) is 0 Å². The number of hydroxylamine groups is 1. The van der Waals surface area contributed by atoms with E-state index in [1.807, 2.05) is 31.2 Å². The van der Waals surface area contributed by atoms with Crippen LogP contribution in [-0.2, 0) is 9.63 Å². The summed E-state index contributed by atoms with van der Waals surface area (Å²) in [5, 5.41) is 0.486. The second-order valence-electron chi connectivity index (χ2n) is 6.30. The SMILES string of the molecule is CCONC(=O)C1CSC(c2ccc(Cl)c(Cl)c2)N1C(=O)c1ccccc1C. The fourth-order valence-electron chi connectivity index (χ4n) is 3.04. The molecule has 148 valence electrons. The van der Waals surface area contributed by atoms with E-state index < -0.39 is 6.04 Å². The van der Waals surface area contributed by atoms with Crippen LogP contribution in [0.2, 0.25) is 10.0 Å². The van der Waals surface area contributed by atoms with E-state index in [-0.39, 0.29) is 17.2 Å². The number of carbonyl (C=O) groups excluding carboxylic acids is 2. The second kappa shape index (κ2) is 9.18. The van der Waals surface area contributed by atoms with E-state index in [1.165, 1.54) is 11.8 Å². The van der Waals surface area contributed by atoms with Crippen LogP contribution in [0.3, 0.4) is 0 Å². The lowest BCUT2D eigenvalue weighted by molar-refractivity contribution is -0.137. The monoisotopic (exact) mass is 438 g/mol. The summed E-state index contributed by atoms with van der Waals surface area (Å²) in [6.07, 6.45) is 0. The van der Waals surface area contributed by atoms with Gasteiger partial charge >= 0.3 is 0 Å². The van der Waals surface area contributed by atoms with Crippen molar-refractivity contribution in [2.75, 3.05) is 12.4 Å². The zero-order valence-corrected chi connectivity index (χ0v) is 17.8. The normalized spacial score (nSPS) is 18.9. The highest BCUT2D eigenvalue weighted by molar-refractivity contribution is 7.99. The minimum absolute atomic E-state index is 0.212. The Morgan fingerprint density at radius 1 is 1.21 bits per heavy atom. The number of aryl methyl sites for hydroxylation is 1. The predicted octanol–water partition coefficient (Wildman–Crippen LogP) is 4.63. The number of rotatable bonds is 5. The number of benzene rings is 2. The number of hydrogen-bond donors (Lipinski definition) is 1. The van der Waals surface area contributed by atoms with Gasteiger partial charge in [-0.05, 0) is 43.2 Å². The van der Waals surface area contributed by atoms with Crippen LogP contribution >= 0.6 is 35.0 Å². The molecule has 0 saturated carbocycles. The number of nitrogens with zero attached hydrogens (tertiary/aromatic N) is 1. The van der Waals surface area contributed by atoms with Crippen LogP contribution in [0.4, 0.5) is 0 Å². The maximum atomic E-state index is 13.4. The fraction of sp³-hybridized carbons (Fsp3) is 0.300. The van der Waals surface area contributed by atoms with Gasteiger partial charge in [-0.25, -0.2) is 5.48 Å². The van der Waals surface area contributed by atoms with Gasteiger partial charge in [-0.3, -0.25) is 14.4 Å². The van der Waals surface area contributed by atoms with Gasteiger partial charge in [0.15, 0.2) is 0 Å². The topological polar surface area (TPSA) is 58.6 Å². The highest BCUT2D eigenvalue weighted by atomic mass is 35.5. The van der Waals surface area contributed by atoms with Crippen molar-refractivity contribution in [1.29, 1.82) is 0 Å². The van der Waals surface area contributed by atoms with E-state index >= 15 is 0 Å². The fourth-order valence-corrected chi connectivity index (χ4v) is 4.77. The summed E-state index contributed by atoms with van der Waals surface area (Å²) in [6.45, 7) is 3.99. The van der Waals surface area contributed by atoms with Crippen molar-refractivity contribution in [3.8, 4) is 0 Å². The molecule has 1 aliphatic heterocycles. The lowest BCUT2D eigenvalue weighted by atomic mass is 10.1. The average molecular weight is 439 g/mol. The molecule has 0 aliphatic carbocycles. The third kappa shape index (κ3) is 4.30. The van der Waals surface area contributed by atoms with Gasteiger partial charge in [0.1, 0.15) is 11.4 Å². The summed E-state index contributed by atoms with van der Waals surface area (Å²) in [7, 11) is 0. The molecule has 0 radical (unpaired) electrons. The highest BCUT2D eigenvalue weighted by Gasteiger charge is 2.43. The number of amides is 2. The van der Waals surface area contributed by atoms with Crippen LogP contribution in [0.25, 0.3) is 0 Å².